The van der Waals surface area contributed by atoms with Gasteiger partial charge in [-0.25, -0.2) is 8.42 Å². The summed E-state index contributed by atoms with van der Waals surface area (Å²) in [6, 6.07) is 11.7. The highest BCUT2D eigenvalue weighted by Gasteiger charge is 2.29. The number of hydrogen-bond donors (Lipinski definition) is 1. The van der Waals surface area contributed by atoms with Crippen LogP contribution in [0.2, 0.25) is 10.0 Å². The van der Waals surface area contributed by atoms with E-state index in [1.807, 2.05) is 25.1 Å². The zero-order valence-electron chi connectivity index (χ0n) is 22.3. The number of anilines is 1. The number of carbonyl (C=O) groups excluding carboxylic acids is 2. The van der Waals surface area contributed by atoms with Crippen LogP contribution < -0.4 is 9.62 Å². The van der Waals surface area contributed by atoms with Crippen LogP contribution in [-0.2, 0) is 26.2 Å². The smallest absolute Gasteiger partial charge is 0.242 e. The molecule has 0 bridgehead atoms. The third-order valence-electron chi connectivity index (χ3n) is 7.01. The Morgan fingerprint density at radius 3 is 2.42 bits per heavy atom. The lowest BCUT2D eigenvalue weighted by molar-refractivity contribution is -0.141. The summed E-state index contributed by atoms with van der Waals surface area (Å²) in [6.45, 7) is 3.83. The van der Waals surface area contributed by atoms with Gasteiger partial charge in [0.05, 0.1) is 11.9 Å². The third-order valence-corrected chi connectivity index (χ3v) is 8.79. The summed E-state index contributed by atoms with van der Waals surface area (Å²) >= 11 is 12.5. The fraction of sp³-hybridized carbons (Fsp3) is 0.500. The zero-order chi connectivity index (χ0) is 27.9. The van der Waals surface area contributed by atoms with Crippen LogP contribution in [0, 0.1) is 6.92 Å². The molecule has 0 unspecified atom stereocenters. The first kappa shape index (κ1) is 30.3. The quantitative estimate of drug-likeness (QED) is 0.368. The molecule has 1 N–H and O–H groups in total. The lowest BCUT2D eigenvalue weighted by atomic mass is 9.95. The number of halogens is 2. The van der Waals surface area contributed by atoms with Crippen molar-refractivity contribution in [2.75, 3.05) is 17.1 Å². The molecule has 7 nitrogen and oxygen atoms in total. The predicted octanol–water partition coefficient (Wildman–Crippen LogP) is 5.71. The van der Waals surface area contributed by atoms with Crippen LogP contribution >= 0.6 is 23.2 Å². The molecule has 3 rings (SSSR count). The molecule has 1 aliphatic rings. The molecule has 0 saturated heterocycles. The van der Waals surface area contributed by atoms with E-state index in [-0.39, 0.29) is 43.8 Å². The van der Waals surface area contributed by atoms with Gasteiger partial charge in [0.2, 0.25) is 21.8 Å². The van der Waals surface area contributed by atoms with E-state index >= 15 is 0 Å². The van der Waals surface area contributed by atoms with Crippen LogP contribution in [0.1, 0.15) is 63.0 Å². The van der Waals surface area contributed by atoms with Crippen LogP contribution in [0.5, 0.6) is 0 Å². The number of rotatable bonds is 11. The van der Waals surface area contributed by atoms with Gasteiger partial charge in [-0.3, -0.25) is 13.9 Å². The molecule has 2 amide bonds. The Bertz CT molecular complexity index is 1230. The predicted molar refractivity (Wildman–Crippen MR) is 154 cm³/mol. The Kier molecular flexibility index (Phi) is 10.9. The molecule has 2 aromatic rings. The van der Waals surface area contributed by atoms with E-state index in [4.69, 9.17) is 23.2 Å². The summed E-state index contributed by atoms with van der Waals surface area (Å²) < 4.78 is 26.5. The van der Waals surface area contributed by atoms with Crippen LogP contribution in [0.25, 0.3) is 0 Å². The van der Waals surface area contributed by atoms with E-state index in [9.17, 15) is 18.0 Å². The SMILES string of the molecule is Cc1ccc(Cl)cc1N(CCCC(=O)N(Cc1ccccc1Cl)[C@@H](C)C(=O)NC1CCCCC1)S(C)(=O)=O. The van der Waals surface area contributed by atoms with Gasteiger partial charge in [-0.05, 0) is 62.4 Å². The average Bonchev–Trinajstić information content (AvgIpc) is 2.87. The standard InChI is InChI=1S/C28H37Cl2N3O4S/c1-20-15-16-23(29)18-26(20)33(38(3,36)37)17-9-14-27(34)32(19-22-10-7-8-13-25(22)30)21(2)28(35)31-24-11-5-4-6-12-24/h7-8,10,13,15-16,18,21,24H,4-6,9,11-12,14,17,19H2,1-3H3,(H,31,35)/t21-/m0/s1. The van der Waals surface area contributed by atoms with Crippen LogP contribution in [0.3, 0.4) is 0 Å². The van der Waals surface area contributed by atoms with E-state index in [1.54, 1.807) is 31.2 Å². The summed E-state index contributed by atoms with van der Waals surface area (Å²) in [6.07, 6.45) is 6.72. The first-order valence-electron chi connectivity index (χ1n) is 13.0. The highest BCUT2D eigenvalue weighted by atomic mass is 35.5. The second-order valence-corrected chi connectivity index (χ2v) is 12.8. The molecule has 2 aromatic carbocycles. The average molecular weight is 583 g/mol. The third kappa shape index (κ3) is 8.35. The van der Waals surface area contributed by atoms with Gasteiger partial charge in [-0.1, -0.05) is 66.7 Å². The number of amides is 2. The molecule has 1 saturated carbocycles. The number of carbonyl (C=O) groups is 2. The maximum Gasteiger partial charge on any atom is 0.242 e. The molecule has 38 heavy (non-hydrogen) atoms. The first-order chi connectivity index (χ1) is 18.0. The Morgan fingerprint density at radius 2 is 1.76 bits per heavy atom. The van der Waals surface area contributed by atoms with E-state index in [2.05, 4.69) is 5.32 Å². The Balaban J connectivity index is 1.75. The molecule has 0 aliphatic heterocycles. The van der Waals surface area contributed by atoms with Crippen molar-refractivity contribution in [3.63, 3.8) is 0 Å². The zero-order valence-corrected chi connectivity index (χ0v) is 24.6. The number of sulfonamides is 1. The maximum atomic E-state index is 13.5. The van der Waals surface area contributed by atoms with E-state index in [1.165, 1.54) is 15.6 Å². The lowest BCUT2D eigenvalue weighted by Gasteiger charge is -2.32. The highest BCUT2D eigenvalue weighted by Crippen LogP contribution is 2.27. The van der Waals surface area contributed by atoms with E-state index < -0.39 is 16.1 Å². The maximum absolute atomic E-state index is 13.5. The largest absolute Gasteiger partial charge is 0.352 e. The molecular formula is C28H37Cl2N3O4S. The fourth-order valence-electron chi connectivity index (χ4n) is 4.80. The van der Waals surface area contributed by atoms with Crippen molar-refractivity contribution in [2.45, 2.75) is 77.4 Å². The Hall–Kier alpha value is -2.29. The van der Waals surface area contributed by atoms with Crippen molar-refractivity contribution in [2.24, 2.45) is 0 Å². The van der Waals surface area contributed by atoms with Gasteiger partial charge >= 0.3 is 0 Å². The van der Waals surface area contributed by atoms with Gasteiger partial charge in [0.25, 0.3) is 0 Å². The highest BCUT2D eigenvalue weighted by molar-refractivity contribution is 7.92. The lowest BCUT2D eigenvalue weighted by Crippen LogP contribution is -2.50. The summed E-state index contributed by atoms with van der Waals surface area (Å²) in [4.78, 5) is 28.2. The first-order valence-corrected chi connectivity index (χ1v) is 15.6. The molecular weight excluding hydrogens is 545 g/mol. The molecule has 10 heteroatoms. The van der Waals surface area contributed by atoms with Crippen molar-refractivity contribution >= 4 is 50.7 Å². The molecule has 1 fully saturated rings. The van der Waals surface area contributed by atoms with Gasteiger partial charge in [0.1, 0.15) is 6.04 Å². The molecule has 1 atom stereocenters. The van der Waals surface area contributed by atoms with Crippen LogP contribution in [0.4, 0.5) is 5.69 Å². The molecule has 208 valence electrons. The molecule has 0 aromatic heterocycles. The molecule has 0 heterocycles. The second-order valence-electron chi connectivity index (χ2n) is 10.0. The monoisotopic (exact) mass is 581 g/mol. The van der Waals surface area contributed by atoms with Gasteiger partial charge in [-0.15, -0.1) is 0 Å². The van der Waals surface area contributed by atoms with E-state index in [0.717, 1.165) is 43.1 Å². The number of benzene rings is 2. The van der Waals surface area contributed by atoms with Crippen LogP contribution in [0.15, 0.2) is 42.5 Å². The molecule has 1 aliphatic carbocycles. The number of nitrogens with zero attached hydrogens (tertiary/aromatic N) is 2. The van der Waals surface area contributed by atoms with Crippen molar-refractivity contribution in [3.8, 4) is 0 Å². The minimum atomic E-state index is -3.61. The summed E-state index contributed by atoms with van der Waals surface area (Å²) in [5.74, 6) is -0.433. The van der Waals surface area contributed by atoms with E-state index in [0.29, 0.717) is 15.7 Å². The topological polar surface area (TPSA) is 86.8 Å². The number of nitrogens with one attached hydrogen (secondary N) is 1. The number of aryl methyl sites for hydroxylation is 1. The van der Waals surface area contributed by atoms with Crippen molar-refractivity contribution in [3.05, 3.63) is 63.6 Å². The summed E-state index contributed by atoms with van der Waals surface area (Å²) in [5, 5.41) is 4.06. The second kappa shape index (κ2) is 13.7. The molecule has 0 radical (unpaired) electrons. The number of hydrogen-bond acceptors (Lipinski definition) is 4. The summed E-state index contributed by atoms with van der Waals surface area (Å²) in [5.41, 5.74) is 1.99. The minimum Gasteiger partial charge on any atom is -0.352 e. The Morgan fingerprint density at radius 1 is 1.08 bits per heavy atom. The van der Waals surface area contributed by atoms with Crippen molar-refractivity contribution in [1.29, 1.82) is 0 Å². The normalized spacial score (nSPS) is 15.1. The fourth-order valence-corrected chi connectivity index (χ4v) is 6.17. The Labute approximate surface area is 236 Å². The van der Waals surface area contributed by atoms with Crippen molar-refractivity contribution in [1.82, 2.24) is 10.2 Å². The van der Waals surface area contributed by atoms with Gasteiger partial charge in [-0.2, -0.15) is 0 Å². The summed E-state index contributed by atoms with van der Waals surface area (Å²) in [7, 11) is -3.61. The minimum absolute atomic E-state index is 0.0666. The van der Waals surface area contributed by atoms with Gasteiger partial charge in [0.15, 0.2) is 0 Å². The van der Waals surface area contributed by atoms with Gasteiger partial charge < -0.3 is 10.2 Å². The van der Waals surface area contributed by atoms with Crippen LogP contribution in [-0.4, -0.2) is 50.0 Å². The van der Waals surface area contributed by atoms with Gasteiger partial charge in [0, 0.05) is 35.6 Å². The molecule has 0 spiro atoms. The van der Waals surface area contributed by atoms with Crippen molar-refractivity contribution < 1.29 is 18.0 Å².